The molecule has 0 unspecified atom stereocenters. The average Bonchev–Trinajstić information content (AvgIpc) is 2.80. The van der Waals surface area contributed by atoms with E-state index in [1.165, 1.54) is 61.9 Å². The summed E-state index contributed by atoms with van der Waals surface area (Å²) in [5.74, 6) is -1.10. The lowest BCUT2D eigenvalue weighted by atomic mass is 10.2. The first kappa shape index (κ1) is 22.0. The summed E-state index contributed by atoms with van der Waals surface area (Å²) >= 11 is 0. The van der Waals surface area contributed by atoms with E-state index in [0.29, 0.717) is 5.56 Å². The first-order valence-electron chi connectivity index (χ1n) is 9.15. The predicted octanol–water partition coefficient (Wildman–Crippen LogP) is 3.29. The van der Waals surface area contributed by atoms with Crippen LogP contribution in [0, 0.1) is 10.1 Å². The third-order valence-corrected chi connectivity index (χ3v) is 4.23. The van der Waals surface area contributed by atoms with Gasteiger partial charge in [0, 0.05) is 12.1 Å². The Morgan fingerprint density at radius 1 is 1.06 bits per heavy atom. The van der Waals surface area contributed by atoms with Crippen molar-refractivity contribution >= 4 is 23.8 Å². The largest absolute Gasteiger partial charge is 0.507 e. The van der Waals surface area contributed by atoms with Crippen molar-refractivity contribution in [2.24, 2.45) is 5.10 Å². The molecule has 0 bridgehead atoms. The molecule has 3 rings (SSSR count). The highest BCUT2D eigenvalue weighted by Gasteiger charge is 2.15. The second-order valence-electron chi connectivity index (χ2n) is 6.32. The number of hydrazone groups is 1. The lowest BCUT2D eigenvalue weighted by molar-refractivity contribution is -0.384. The minimum atomic E-state index is -0.713. The number of phenolic OH excluding ortho intramolecular Hbond substituents is 1. The minimum Gasteiger partial charge on any atom is -0.507 e. The fourth-order valence-corrected chi connectivity index (χ4v) is 2.62. The number of hydrogen-bond acceptors (Lipinski definition) is 8. The van der Waals surface area contributed by atoms with Gasteiger partial charge in [-0.3, -0.25) is 14.9 Å². The third kappa shape index (κ3) is 5.25. The second kappa shape index (κ2) is 9.85. The van der Waals surface area contributed by atoms with Crippen molar-refractivity contribution in [3.8, 4) is 17.2 Å². The summed E-state index contributed by atoms with van der Waals surface area (Å²) in [6.07, 6.45) is 1.35. The molecule has 1 amide bonds. The Balaban J connectivity index is 1.68. The van der Waals surface area contributed by atoms with Gasteiger partial charge in [-0.1, -0.05) is 12.1 Å². The molecular formula is C22H17N3O7. The Kier molecular flexibility index (Phi) is 6.76. The topological polar surface area (TPSA) is 140 Å². The van der Waals surface area contributed by atoms with Crippen LogP contribution in [0.4, 0.5) is 5.69 Å². The van der Waals surface area contributed by atoms with Crippen LogP contribution in [-0.2, 0) is 0 Å². The number of nitro groups is 1. The minimum absolute atomic E-state index is 0.0794. The van der Waals surface area contributed by atoms with Gasteiger partial charge >= 0.3 is 5.97 Å². The number of para-hydroxylation sites is 1. The van der Waals surface area contributed by atoms with Crippen LogP contribution in [-0.4, -0.2) is 35.2 Å². The summed E-state index contributed by atoms with van der Waals surface area (Å²) in [4.78, 5) is 34.5. The second-order valence-corrected chi connectivity index (χ2v) is 6.32. The standard InChI is InChI=1S/C22H17N3O7/c1-31-20-12-14(13-23-24-21(27)17-4-2-3-5-18(17)26)6-11-19(20)32-22(28)15-7-9-16(10-8-15)25(29)30/h2-13,26H,1H3,(H,24,27)/b23-13-. The van der Waals surface area contributed by atoms with E-state index in [9.17, 15) is 24.8 Å². The normalized spacial score (nSPS) is 10.5. The van der Waals surface area contributed by atoms with Crippen LogP contribution < -0.4 is 14.9 Å². The van der Waals surface area contributed by atoms with Crippen LogP contribution in [0.5, 0.6) is 17.2 Å². The number of nitrogens with zero attached hydrogens (tertiary/aromatic N) is 2. The molecule has 0 aliphatic rings. The summed E-state index contributed by atoms with van der Waals surface area (Å²) in [6, 6.07) is 15.6. The summed E-state index contributed by atoms with van der Waals surface area (Å²) in [7, 11) is 1.39. The molecule has 0 heterocycles. The molecular weight excluding hydrogens is 418 g/mol. The van der Waals surface area contributed by atoms with Crippen molar-refractivity contribution in [2.45, 2.75) is 0 Å². The molecule has 32 heavy (non-hydrogen) atoms. The van der Waals surface area contributed by atoms with Crippen LogP contribution in [0.3, 0.4) is 0 Å². The molecule has 0 aromatic heterocycles. The van der Waals surface area contributed by atoms with Gasteiger partial charge in [-0.25, -0.2) is 10.2 Å². The molecule has 3 aromatic rings. The highest BCUT2D eigenvalue weighted by atomic mass is 16.6. The molecule has 0 spiro atoms. The van der Waals surface area contributed by atoms with Crippen molar-refractivity contribution in [3.63, 3.8) is 0 Å². The van der Waals surface area contributed by atoms with E-state index in [-0.39, 0.29) is 34.1 Å². The molecule has 0 saturated carbocycles. The van der Waals surface area contributed by atoms with Gasteiger partial charge in [0.1, 0.15) is 5.75 Å². The monoisotopic (exact) mass is 435 g/mol. The number of non-ortho nitro benzene ring substituents is 1. The molecule has 162 valence electrons. The number of carbonyl (C=O) groups excluding carboxylic acids is 2. The van der Waals surface area contributed by atoms with Crippen molar-refractivity contribution < 1.29 is 29.1 Å². The molecule has 0 atom stereocenters. The fraction of sp³-hybridized carbons (Fsp3) is 0.0455. The first-order chi connectivity index (χ1) is 15.4. The van der Waals surface area contributed by atoms with Gasteiger partial charge in [-0.05, 0) is 48.0 Å². The number of carbonyl (C=O) groups is 2. The molecule has 0 radical (unpaired) electrons. The smallest absolute Gasteiger partial charge is 0.343 e. The number of ether oxygens (including phenoxy) is 2. The number of nitro benzene ring substituents is 1. The molecule has 0 aliphatic carbocycles. The highest BCUT2D eigenvalue weighted by molar-refractivity contribution is 5.97. The number of amides is 1. The maximum atomic E-state index is 12.3. The number of hydrogen-bond donors (Lipinski definition) is 2. The first-order valence-corrected chi connectivity index (χ1v) is 9.15. The van der Waals surface area contributed by atoms with E-state index in [1.807, 2.05) is 0 Å². The van der Waals surface area contributed by atoms with Crippen LogP contribution in [0.2, 0.25) is 0 Å². The number of rotatable bonds is 7. The zero-order valence-corrected chi connectivity index (χ0v) is 16.7. The Morgan fingerprint density at radius 3 is 2.44 bits per heavy atom. The van der Waals surface area contributed by atoms with E-state index in [4.69, 9.17) is 9.47 Å². The maximum absolute atomic E-state index is 12.3. The summed E-state index contributed by atoms with van der Waals surface area (Å²) in [6.45, 7) is 0. The van der Waals surface area contributed by atoms with Gasteiger partial charge in [-0.15, -0.1) is 0 Å². The average molecular weight is 435 g/mol. The van der Waals surface area contributed by atoms with E-state index in [0.717, 1.165) is 0 Å². The lowest BCUT2D eigenvalue weighted by Gasteiger charge is -2.10. The lowest BCUT2D eigenvalue weighted by Crippen LogP contribution is -2.17. The Labute approximate surface area is 181 Å². The van der Waals surface area contributed by atoms with Crippen LogP contribution in [0.25, 0.3) is 0 Å². The van der Waals surface area contributed by atoms with Crippen molar-refractivity contribution in [3.05, 3.63) is 93.5 Å². The fourth-order valence-electron chi connectivity index (χ4n) is 2.62. The number of esters is 1. The molecule has 0 aliphatic heterocycles. The van der Waals surface area contributed by atoms with Gasteiger partial charge < -0.3 is 14.6 Å². The van der Waals surface area contributed by atoms with Gasteiger partial charge in [0.25, 0.3) is 11.6 Å². The molecule has 10 heteroatoms. The zero-order valence-electron chi connectivity index (χ0n) is 16.7. The van der Waals surface area contributed by atoms with Crippen molar-refractivity contribution in [1.29, 1.82) is 0 Å². The van der Waals surface area contributed by atoms with Gasteiger partial charge in [-0.2, -0.15) is 5.10 Å². The third-order valence-electron chi connectivity index (χ3n) is 4.23. The quantitative estimate of drug-likeness (QED) is 0.191. The molecule has 0 saturated heterocycles. The van der Waals surface area contributed by atoms with E-state index >= 15 is 0 Å². The number of nitrogens with one attached hydrogen (secondary N) is 1. The molecule has 0 fully saturated rings. The van der Waals surface area contributed by atoms with Crippen molar-refractivity contribution in [1.82, 2.24) is 5.43 Å². The zero-order chi connectivity index (χ0) is 23.1. The highest BCUT2D eigenvalue weighted by Crippen LogP contribution is 2.28. The Hall–Kier alpha value is -4.73. The predicted molar refractivity (Wildman–Crippen MR) is 114 cm³/mol. The van der Waals surface area contributed by atoms with Crippen LogP contribution >= 0.6 is 0 Å². The summed E-state index contributed by atoms with van der Waals surface area (Å²) in [5.41, 5.74) is 2.91. The number of phenols is 1. The van der Waals surface area contributed by atoms with Crippen LogP contribution in [0.15, 0.2) is 71.8 Å². The van der Waals surface area contributed by atoms with Crippen LogP contribution in [0.1, 0.15) is 26.3 Å². The molecule has 10 nitrogen and oxygen atoms in total. The SMILES string of the molecule is COc1cc(/C=N\NC(=O)c2ccccc2O)ccc1OC(=O)c1ccc([N+](=O)[O-])cc1. The van der Waals surface area contributed by atoms with E-state index < -0.39 is 16.8 Å². The van der Waals surface area contributed by atoms with Gasteiger partial charge in [0.05, 0.1) is 29.4 Å². The van der Waals surface area contributed by atoms with E-state index in [1.54, 1.807) is 18.2 Å². The number of benzene rings is 3. The number of methoxy groups -OCH3 is 1. The molecule has 3 aromatic carbocycles. The van der Waals surface area contributed by atoms with Crippen molar-refractivity contribution in [2.75, 3.05) is 7.11 Å². The summed E-state index contributed by atoms with van der Waals surface area (Å²) < 4.78 is 10.6. The van der Waals surface area contributed by atoms with E-state index in [2.05, 4.69) is 10.5 Å². The van der Waals surface area contributed by atoms with Gasteiger partial charge in [0.2, 0.25) is 0 Å². The number of aromatic hydroxyl groups is 1. The Morgan fingerprint density at radius 2 is 1.78 bits per heavy atom. The maximum Gasteiger partial charge on any atom is 0.343 e. The summed E-state index contributed by atoms with van der Waals surface area (Å²) in [5, 5.41) is 24.2. The molecule has 2 N–H and O–H groups in total. The van der Waals surface area contributed by atoms with Gasteiger partial charge in [0.15, 0.2) is 11.5 Å². The Bertz CT molecular complexity index is 1190.